The van der Waals surface area contributed by atoms with Crippen LogP contribution < -0.4 is 0 Å². The molecular formula is C10H20ClNO. The van der Waals surface area contributed by atoms with Gasteiger partial charge in [-0.2, -0.15) is 0 Å². The van der Waals surface area contributed by atoms with Gasteiger partial charge in [-0.15, -0.1) is 11.6 Å². The van der Waals surface area contributed by atoms with Crippen molar-refractivity contribution in [3.63, 3.8) is 0 Å². The van der Waals surface area contributed by atoms with Crippen LogP contribution in [0.2, 0.25) is 0 Å². The van der Waals surface area contributed by atoms with Crippen LogP contribution in [0.25, 0.3) is 0 Å². The van der Waals surface area contributed by atoms with Crippen molar-refractivity contribution in [3.8, 4) is 0 Å². The molecule has 0 aliphatic rings. The first-order valence-electron chi connectivity index (χ1n) is 5.10. The maximum Gasteiger partial charge on any atom is 0.222 e. The second-order valence-corrected chi connectivity index (χ2v) is 3.55. The Morgan fingerprint density at radius 3 is 2.15 bits per heavy atom. The van der Waals surface area contributed by atoms with Gasteiger partial charge in [0.05, 0.1) is 0 Å². The Morgan fingerprint density at radius 1 is 1.23 bits per heavy atom. The van der Waals surface area contributed by atoms with Gasteiger partial charge in [0.25, 0.3) is 0 Å². The van der Waals surface area contributed by atoms with Gasteiger partial charge in [0.15, 0.2) is 0 Å². The quantitative estimate of drug-likeness (QED) is 0.586. The fourth-order valence-corrected chi connectivity index (χ4v) is 1.41. The van der Waals surface area contributed by atoms with Crippen molar-refractivity contribution in [2.75, 3.05) is 19.0 Å². The van der Waals surface area contributed by atoms with Crippen molar-refractivity contribution in [2.24, 2.45) is 0 Å². The van der Waals surface area contributed by atoms with E-state index in [1.165, 1.54) is 0 Å². The van der Waals surface area contributed by atoms with Gasteiger partial charge in [0.2, 0.25) is 5.91 Å². The molecule has 0 rings (SSSR count). The van der Waals surface area contributed by atoms with E-state index < -0.39 is 0 Å². The first-order chi connectivity index (χ1) is 6.26. The molecule has 78 valence electrons. The van der Waals surface area contributed by atoms with Crippen LogP contribution in [-0.4, -0.2) is 29.8 Å². The van der Waals surface area contributed by atoms with E-state index in [1.807, 2.05) is 4.90 Å². The summed E-state index contributed by atoms with van der Waals surface area (Å²) in [5.41, 5.74) is 0. The van der Waals surface area contributed by atoms with E-state index in [4.69, 9.17) is 11.6 Å². The van der Waals surface area contributed by atoms with Crippen LogP contribution in [-0.2, 0) is 4.79 Å². The second kappa shape index (κ2) is 8.36. The molecule has 0 aliphatic heterocycles. The van der Waals surface area contributed by atoms with Crippen molar-refractivity contribution in [3.05, 3.63) is 0 Å². The minimum atomic E-state index is 0.254. The van der Waals surface area contributed by atoms with Crippen LogP contribution >= 0.6 is 11.6 Å². The number of carbonyl (C=O) groups is 1. The largest absolute Gasteiger partial charge is 0.343 e. The molecule has 0 saturated carbocycles. The molecule has 0 radical (unpaired) electrons. The van der Waals surface area contributed by atoms with E-state index in [-0.39, 0.29) is 5.91 Å². The van der Waals surface area contributed by atoms with E-state index in [0.717, 1.165) is 32.4 Å². The first kappa shape index (κ1) is 12.8. The van der Waals surface area contributed by atoms with Crippen molar-refractivity contribution < 1.29 is 4.79 Å². The summed E-state index contributed by atoms with van der Waals surface area (Å²) < 4.78 is 0. The van der Waals surface area contributed by atoms with E-state index in [0.29, 0.717) is 12.3 Å². The monoisotopic (exact) mass is 205 g/mol. The van der Waals surface area contributed by atoms with Gasteiger partial charge in [0, 0.05) is 25.4 Å². The number of carbonyl (C=O) groups excluding carboxylic acids is 1. The Kier molecular flexibility index (Phi) is 8.21. The molecule has 0 aliphatic carbocycles. The maximum absolute atomic E-state index is 11.5. The molecule has 0 aromatic heterocycles. The van der Waals surface area contributed by atoms with Crippen LogP contribution in [0.1, 0.15) is 39.5 Å². The Labute approximate surface area is 86.2 Å². The SMILES string of the molecule is CCCN(CCC)C(=O)CCCCl. The number of nitrogens with zero attached hydrogens (tertiary/aromatic N) is 1. The maximum atomic E-state index is 11.5. The van der Waals surface area contributed by atoms with Gasteiger partial charge in [-0.05, 0) is 19.3 Å². The molecular weight excluding hydrogens is 186 g/mol. The first-order valence-corrected chi connectivity index (χ1v) is 5.63. The number of hydrogen-bond donors (Lipinski definition) is 0. The van der Waals surface area contributed by atoms with E-state index in [2.05, 4.69) is 13.8 Å². The molecule has 0 atom stereocenters. The number of hydrogen-bond acceptors (Lipinski definition) is 1. The average Bonchev–Trinajstić information content (AvgIpc) is 2.14. The Morgan fingerprint density at radius 2 is 1.77 bits per heavy atom. The van der Waals surface area contributed by atoms with Crippen LogP contribution in [0.5, 0.6) is 0 Å². The molecule has 0 bridgehead atoms. The van der Waals surface area contributed by atoms with Crippen LogP contribution in [0.3, 0.4) is 0 Å². The predicted octanol–water partition coefficient (Wildman–Crippen LogP) is 2.65. The zero-order chi connectivity index (χ0) is 10.1. The summed E-state index contributed by atoms with van der Waals surface area (Å²) in [6.07, 6.45) is 3.47. The molecule has 0 aromatic rings. The van der Waals surface area contributed by atoms with Crippen LogP contribution in [0, 0.1) is 0 Å². The molecule has 0 fully saturated rings. The summed E-state index contributed by atoms with van der Waals surface area (Å²) in [6, 6.07) is 0. The van der Waals surface area contributed by atoms with Gasteiger partial charge in [0.1, 0.15) is 0 Å². The highest BCUT2D eigenvalue weighted by atomic mass is 35.5. The topological polar surface area (TPSA) is 20.3 Å². The van der Waals surface area contributed by atoms with E-state index in [1.54, 1.807) is 0 Å². The fraction of sp³-hybridized carbons (Fsp3) is 0.900. The van der Waals surface area contributed by atoms with Gasteiger partial charge < -0.3 is 4.90 Å². The predicted molar refractivity (Wildman–Crippen MR) is 57.1 cm³/mol. The molecule has 3 heteroatoms. The van der Waals surface area contributed by atoms with Gasteiger partial charge in [-0.25, -0.2) is 0 Å². The van der Waals surface area contributed by atoms with Crippen molar-refractivity contribution >= 4 is 17.5 Å². The summed E-state index contributed by atoms with van der Waals surface area (Å²) in [5, 5.41) is 0. The molecule has 0 unspecified atom stereocenters. The summed E-state index contributed by atoms with van der Waals surface area (Å²) >= 11 is 5.53. The Hall–Kier alpha value is -0.240. The van der Waals surface area contributed by atoms with Gasteiger partial charge >= 0.3 is 0 Å². The molecule has 0 heterocycles. The number of halogens is 1. The number of amides is 1. The third-order valence-corrected chi connectivity index (χ3v) is 2.13. The molecule has 0 saturated heterocycles. The molecule has 2 nitrogen and oxygen atoms in total. The highest BCUT2D eigenvalue weighted by molar-refractivity contribution is 6.17. The molecule has 0 N–H and O–H groups in total. The third kappa shape index (κ3) is 5.92. The van der Waals surface area contributed by atoms with Gasteiger partial charge in [-0.1, -0.05) is 13.8 Å². The third-order valence-electron chi connectivity index (χ3n) is 1.86. The number of alkyl halides is 1. The van der Waals surface area contributed by atoms with Crippen LogP contribution in [0.4, 0.5) is 0 Å². The molecule has 0 spiro atoms. The molecule has 13 heavy (non-hydrogen) atoms. The van der Waals surface area contributed by atoms with Crippen LogP contribution in [0.15, 0.2) is 0 Å². The highest BCUT2D eigenvalue weighted by Crippen LogP contribution is 2.01. The van der Waals surface area contributed by atoms with Crippen molar-refractivity contribution in [1.82, 2.24) is 4.90 Å². The zero-order valence-electron chi connectivity index (χ0n) is 8.68. The zero-order valence-corrected chi connectivity index (χ0v) is 9.44. The highest BCUT2D eigenvalue weighted by Gasteiger charge is 2.10. The lowest BCUT2D eigenvalue weighted by molar-refractivity contribution is -0.131. The van der Waals surface area contributed by atoms with Gasteiger partial charge in [-0.3, -0.25) is 4.79 Å². The lowest BCUT2D eigenvalue weighted by atomic mass is 10.2. The summed E-state index contributed by atoms with van der Waals surface area (Å²) in [6.45, 7) is 5.96. The minimum absolute atomic E-state index is 0.254. The average molecular weight is 206 g/mol. The molecule has 0 aromatic carbocycles. The normalized spacial score (nSPS) is 10.1. The Balaban J connectivity index is 3.80. The lowest BCUT2D eigenvalue weighted by Crippen LogP contribution is -2.32. The van der Waals surface area contributed by atoms with Crippen molar-refractivity contribution in [2.45, 2.75) is 39.5 Å². The lowest BCUT2D eigenvalue weighted by Gasteiger charge is -2.21. The van der Waals surface area contributed by atoms with Crippen molar-refractivity contribution in [1.29, 1.82) is 0 Å². The van der Waals surface area contributed by atoms with E-state index in [9.17, 15) is 4.79 Å². The molecule has 1 amide bonds. The van der Waals surface area contributed by atoms with E-state index >= 15 is 0 Å². The summed E-state index contributed by atoms with van der Waals surface area (Å²) in [4.78, 5) is 13.5. The smallest absolute Gasteiger partial charge is 0.222 e. The second-order valence-electron chi connectivity index (χ2n) is 3.17. The number of rotatable bonds is 7. The minimum Gasteiger partial charge on any atom is -0.343 e. The summed E-state index contributed by atoms with van der Waals surface area (Å²) in [5.74, 6) is 0.835. The summed E-state index contributed by atoms with van der Waals surface area (Å²) in [7, 11) is 0. The standard InChI is InChI=1S/C10H20ClNO/c1-3-8-12(9-4-2)10(13)6-5-7-11/h3-9H2,1-2H3. The Bertz CT molecular complexity index is 133. The fourth-order valence-electron chi connectivity index (χ4n) is 1.28.